The van der Waals surface area contributed by atoms with Gasteiger partial charge in [-0.3, -0.25) is 0 Å². The van der Waals surface area contributed by atoms with Crippen molar-refractivity contribution in [1.82, 2.24) is 4.57 Å². The zero-order valence-corrected chi connectivity index (χ0v) is 29.7. The molecule has 11 aromatic rings. The first kappa shape index (κ1) is 29.5. The second kappa shape index (κ2) is 11.7. The summed E-state index contributed by atoms with van der Waals surface area (Å²) in [6, 6.07) is 66.7. The molecule has 0 aliphatic heterocycles. The number of thiophene rings is 2. The van der Waals surface area contributed by atoms with Gasteiger partial charge in [0.05, 0.1) is 11.0 Å². The molecule has 0 amide bonds. The second-order valence-electron chi connectivity index (χ2n) is 13.4. The number of para-hydroxylation sites is 2. The van der Waals surface area contributed by atoms with Gasteiger partial charge >= 0.3 is 0 Å². The Labute approximate surface area is 308 Å². The summed E-state index contributed by atoms with van der Waals surface area (Å²) in [5, 5.41) is 7.79. The summed E-state index contributed by atoms with van der Waals surface area (Å²) in [5.41, 5.74) is 9.44. The molecular weight excluding hydrogens is 669 g/mol. The predicted octanol–water partition coefficient (Wildman–Crippen LogP) is 14.7. The Morgan fingerprint density at radius 3 is 1.46 bits per heavy atom. The highest BCUT2D eigenvalue weighted by Crippen LogP contribution is 2.43. The van der Waals surface area contributed by atoms with Crippen LogP contribution in [0, 0.1) is 0 Å². The maximum atomic E-state index is 2.41. The molecule has 8 aromatic carbocycles. The van der Waals surface area contributed by atoms with Crippen molar-refractivity contribution >= 4 is 102 Å². The lowest BCUT2D eigenvalue weighted by atomic mass is 10.0. The lowest BCUT2D eigenvalue weighted by Crippen LogP contribution is -2.09. The predicted molar refractivity (Wildman–Crippen MR) is 227 cm³/mol. The number of benzene rings is 8. The molecule has 52 heavy (non-hydrogen) atoms. The van der Waals surface area contributed by atoms with Crippen molar-refractivity contribution in [3.63, 3.8) is 0 Å². The van der Waals surface area contributed by atoms with Crippen molar-refractivity contribution in [3.05, 3.63) is 182 Å². The maximum absolute atomic E-state index is 2.41. The van der Waals surface area contributed by atoms with Gasteiger partial charge in [0.2, 0.25) is 0 Å². The SMILES string of the molecule is c1ccc2c(c1)sc1cc(N(c3ccc(-c4ccc(-n5c6ccccc6c6ccccc65)cc4)cc3)c3ccc4sc5ccccc5c4c3)ccc12. The molecule has 3 aromatic heterocycles. The van der Waals surface area contributed by atoms with Gasteiger partial charge in [0, 0.05) is 73.9 Å². The highest BCUT2D eigenvalue weighted by molar-refractivity contribution is 7.26. The Morgan fingerprint density at radius 2 is 0.788 bits per heavy atom. The van der Waals surface area contributed by atoms with Crippen molar-refractivity contribution in [2.75, 3.05) is 4.90 Å². The van der Waals surface area contributed by atoms with Crippen molar-refractivity contribution in [2.24, 2.45) is 0 Å². The Balaban J connectivity index is 1.00. The number of fused-ring (bicyclic) bond motifs is 9. The number of rotatable bonds is 5. The molecule has 0 aliphatic rings. The fraction of sp³-hybridized carbons (Fsp3) is 0. The molecule has 0 bridgehead atoms. The lowest BCUT2D eigenvalue weighted by molar-refractivity contribution is 1.18. The Hall–Kier alpha value is -6.20. The molecule has 11 rings (SSSR count). The number of anilines is 3. The molecule has 0 fully saturated rings. The lowest BCUT2D eigenvalue weighted by Gasteiger charge is -2.26. The van der Waals surface area contributed by atoms with Crippen molar-refractivity contribution in [1.29, 1.82) is 0 Å². The van der Waals surface area contributed by atoms with E-state index in [1.54, 1.807) is 0 Å². The summed E-state index contributed by atoms with van der Waals surface area (Å²) in [6.45, 7) is 0. The summed E-state index contributed by atoms with van der Waals surface area (Å²) in [5.74, 6) is 0. The van der Waals surface area contributed by atoms with E-state index in [9.17, 15) is 0 Å². The van der Waals surface area contributed by atoms with Gasteiger partial charge in [-0.25, -0.2) is 0 Å². The van der Waals surface area contributed by atoms with Gasteiger partial charge < -0.3 is 9.47 Å². The van der Waals surface area contributed by atoms with Crippen LogP contribution in [-0.2, 0) is 0 Å². The molecule has 0 saturated carbocycles. The Morgan fingerprint density at radius 1 is 0.327 bits per heavy atom. The third kappa shape index (κ3) is 4.62. The monoisotopic (exact) mass is 698 g/mol. The summed E-state index contributed by atoms with van der Waals surface area (Å²) in [4.78, 5) is 2.41. The van der Waals surface area contributed by atoms with E-state index in [1.807, 2.05) is 22.7 Å². The van der Waals surface area contributed by atoms with Gasteiger partial charge in [0.25, 0.3) is 0 Å². The van der Waals surface area contributed by atoms with Gasteiger partial charge in [-0.15, -0.1) is 22.7 Å². The van der Waals surface area contributed by atoms with Crippen LogP contribution in [0.5, 0.6) is 0 Å². The van der Waals surface area contributed by atoms with E-state index < -0.39 is 0 Å². The molecule has 0 atom stereocenters. The topological polar surface area (TPSA) is 8.17 Å². The summed E-state index contributed by atoms with van der Waals surface area (Å²) < 4.78 is 7.62. The van der Waals surface area contributed by atoms with E-state index in [2.05, 4.69) is 191 Å². The molecule has 0 saturated heterocycles. The Kier molecular flexibility index (Phi) is 6.63. The molecule has 0 spiro atoms. The van der Waals surface area contributed by atoms with Crippen molar-refractivity contribution in [2.45, 2.75) is 0 Å². The number of hydrogen-bond acceptors (Lipinski definition) is 3. The number of hydrogen-bond donors (Lipinski definition) is 0. The minimum Gasteiger partial charge on any atom is -0.310 e. The van der Waals surface area contributed by atoms with Crippen molar-refractivity contribution in [3.8, 4) is 16.8 Å². The van der Waals surface area contributed by atoms with E-state index in [0.29, 0.717) is 0 Å². The van der Waals surface area contributed by atoms with E-state index >= 15 is 0 Å². The van der Waals surface area contributed by atoms with Crippen LogP contribution in [0.1, 0.15) is 0 Å². The van der Waals surface area contributed by atoms with Gasteiger partial charge in [-0.05, 0) is 90.0 Å². The van der Waals surface area contributed by atoms with Gasteiger partial charge in [-0.2, -0.15) is 0 Å². The first-order valence-electron chi connectivity index (χ1n) is 17.6. The largest absolute Gasteiger partial charge is 0.310 e. The number of aromatic nitrogens is 1. The smallest absolute Gasteiger partial charge is 0.0541 e. The average molecular weight is 699 g/mol. The van der Waals surface area contributed by atoms with Crippen LogP contribution in [-0.4, -0.2) is 4.57 Å². The van der Waals surface area contributed by atoms with Crippen LogP contribution < -0.4 is 4.90 Å². The van der Waals surface area contributed by atoms with Crippen LogP contribution >= 0.6 is 22.7 Å². The maximum Gasteiger partial charge on any atom is 0.0541 e. The van der Waals surface area contributed by atoms with Gasteiger partial charge in [-0.1, -0.05) is 103 Å². The first-order valence-corrected chi connectivity index (χ1v) is 19.2. The minimum absolute atomic E-state index is 1.13. The van der Waals surface area contributed by atoms with Crippen molar-refractivity contribution < 1.29 is 0 Å². The fourth-order valence-electron chi connectivity index (χ4n) is 7.96. The normalized spacial score (nSPS) is 11.8. The summed E-state index contributed by atoms with van der Waals surface area (Å²) in [6.07, 6.45) is 0. The molecule has 0 unspecified atom stereocenters. The zero-order valence-electron chi connectivity index (χ0n) is 28.0. The molecular formula is C48H30N2S2. The van der Waals surface area contributed by atoms with E-state index in [0.717, 1.165) is 22.7 Å². The molecule has 244 valence electrons. The quantitative estimate of drug-likeness (QED) is 0.174. The molecule has 0 radical (unpaired) electrons. The standard InChI is InChI=1S/C48H30N2S2/c1-5-13-43-37(9-1)38-10-2-6-14-44(38)50(43)34-23-19-32(20-24-34)31-17-21-33(22-18-31)49(35-26-28-47-42(29-35)40-12-4-8-16-46(40)51-47)36-25-27-41-39-11-3-7-15-45(39)52-48(41)30-36/h1-30H. The summed E-state index contributed by atoms with van der Waals surface area (Å²) >= 11 is 3.72. The third-order valence-electron chi connectivity index (χ3n) is 10.4. The van der Waals surface area contributed by atoms with Gasteiger partial charge in [0.15, 0.2) is 0 Å². The van der Waals surface area contributed by atoms with Gasteiger partial charge in [0.1, 0.15) is 0 Å². The Bertz CT molecular complexity index is 3070. The van der Waals surface area contributed by atoms with Crippen LogP contribution in [0.4, 0.5) is 17.1 Å². The third-order valence-corrected chi connectivity index (χ3v) is 12.7. The van der Waals surface area contributed by atoms with Crippen LogP contribution in [0.15, 0.2) is 182 Å². The van der Waals surface area contributed by atoms with Crippen LogP contribution in [0.3, 0.4) is 0 Å². The van der Waals surface area contributed by atoms with E-state index in [4.69, 9.17) is 0 Å². The average Bonchev–Trinajstić information content (AvgIpc) is 3.88. The first-order chi connectivity index (χ1) is 25.8. The highest BCUT2D eigenvalue weighted by Gasteiger charge is 2.17. The molecule has 0 aliphatic carbocycles. The van der Waals surface area contributed by atoms with Crippen LogP contribution in [0.25, 0.3) is 79.0 Å². The molecule has 3 heterocycles. The molecule has 0 N–H and O–H groups in total. The van der Waals surface area contributed by atoms with Crippen LogP contribution in [0.2, 0.25) is 0 Å². The zero-order chi connectivity index (χ0) is 34.2. The second-order valence-corrected chi connectivity index (χ2v) is 15.5. The molecule has 4 heteroatoms. The fourth-order valence-corrected chi connectivity index (χ4v) is 10.2. The van der Waals surface area contributed by atoms with E-state index in [-0.39, 0.29) is 0 Å². The molecule has 2 nitrogen and oxygen atoms in total. The number of nitrogens with zero attached hydrogens (tertiary/aromatic N) is 2. The summed E-state index contributed by atoms with van der Waals surface area (Å²) in [7, 11) is 0. The highest BCUT2D eigenvalue weighted by atomic mass is 32.1. The van der Waals surface area contributed by atoms with E-state index in [1.165, 1.54) is 73.3 Å². The minimum atomic E-state index is 1.13.